The number of hydrogen-bond donors (Lipinski definition) is 1. The van der Waals surface area contributed by atoms with Gasteiger partial charge in [-0.15, -0.1) is 0 Å². The van der Waals surface area contributed by atoms with Gasteiger partial charge in [-0.1, -0.05) is 0 Å². The Morgan fingerprint density at radius 2 is 1.94 bits per heavy atom. The Morgan fingerprint density at radius 3 is 2.44 bits per heavy atom. The highest BCUT2D eigenvalue weighted by atomic mass is 32.2. The van der Waals surface area contributed by atoms with Gasteiger partial charge in [-0.2, -0.15) is 0 Å². The average molecular weight is 273 g/mol. The van der Waals surface area contributed by atoms with E-state index in [0.717, 1.165) is 0 Å². The Balaban J connectivity index is 2.34. The van der Waals surface area contributed by atoms with Crippen LogP contribution in [0.3, 0.4) is 0 Å². The zero-order valence-electron chi connectivity index (χ0n) is 10.4. The Morgan fingerprint density at radius 1 is 1.33 bits per heavy atom. The van der Waals surface area contributed by atoms with E-state index in [0.29, 0.717) is 30.8 Å². The van der Waals surface area contributed by atoms with E-state index in [2.05, 4.69) is 4.72 Å². The molecule has 1 heterocycles. The van der Waals surface area contributed by atoms with Crippen LogP contribution in [0.1, 0.15) is 17.5 Å². The molecule has 1 unspecified atom stereocenters. The summed E-state index contributed by atoms with van der Waals surface area (Å²) in [6, 6.07) is 2.26. The smallest absolute Gasteiger partial charge is 0.241 e. The quantitative estimate of drug-likeness (QED) is 0.908. The van der Waals surface area contributed by atoms with Crippen LogP contribution >= 0.6 is 0 Å². The molecule has 0 aromatic heterocycles. The number of benzene rings is 1. The lowest BCUT2D eigenvalue weighted by Crippen LogP contribution is -2.35. The third kappa shape index (κ3) is 2.71. The lowest BCUT2D eigenvalue weighted by atomic mass is 10.1. The Kier molecular flexibility index (Phi) is 3.70. The van der Waals surface area contributed by atoms with E-state index >= 15 is 0 Å². The van der Waals surface area contributed by atoms with Gasteiger partial charge in [0.1, 0.15) is 5.82 Å². The van der Waals surface area contributed by atoms with Crippen LogP contribution in [0.25, 0.3) is 0 Å². The van der Waals surface area contributed by atoms with E-state index in [4.69, 9.17) is 4.74 Å². The van der Waals surface area contributed by atoms with Gasteiger partial charge in [0.2, 0.25) is 10.0 Å². The molecule has 1 atom stereocenters. The predicted octanol–water partition coefficient (Wildman–Crippen LogP) is 1.51. The van der Waals surface area contributed by atoms with Crippen molar-refractivity contribution < 1.29 is 17.5 Å². The fraction of sp³-hybridized carbons (Fsp3) is 0.500. The summed E-state index contributed by atoms with van der Waals surface area (Å²) in [5.41, 5.74) is 0.831. The molecular weight excluding hydrogens is 257 g/mol. The molecule has 0 aliphatic carbocycles. The summed E-state index contributed by atoms with van der Waals surface area (Å²) in [6.45, 7) is 4.14. The van der Waals surface area contributed by atoms with Gasteiger partial charge in [-0.05, 0) is 43.5 Å². The standard InChI is InChI=1S/C12H16FNO3S/c1-8-5-10(13)6-9(2)12(8)18(15,16)14-11-3-4-17-7-11/h5-6,11,14H,3-4,7H2,1-2H3. The summed E-state index contributed by atoms with van der Waals surface area (Å²) in [7, 11) is -3.62. The zero-order chi connectivity index (χ0) is 13.3. The van der Waals surface area contributed by atoms with Crippen LogP contribution in [0, 0.1) is 19.7 Å². The Labute approximate surface area is 106 Å². The lowest BCUT2D eigenvalue weighted by Gasteiger charge is -2.15. The maximum absolute atomic E-state index is 13.2. The van der Waals surface area contributed by atoms with Crippen LogP contribution in [0.2, 0.25) is 0 Å². The first-order valence-electron chi connectivity index (χ1n) is 5.77. The van der Waals surface area contributed by atoms with Crippen molar-refractivity contribution in [3.8, 4) is 0 Å². The van der Waals surface area contributed by atoms with Crippen LogP contribution in [0.5, 0.6) is 0 Å². The van der Waals surface area contributed by atoms with Gasteiger partial charge in [0, 0.05) is 12.6 Å². The molecule has 1 saturated heterocycles. The van der Waals surface area contributed by atoms with Crippen LogP contribution in [0.4, 0.5) is 4.39 Å². The largest absolute Gasteiger partial charge is 0.380 e. The van der Waals surface area contributed by atoms with Gasteiger partial charge in [-0.3, -0.25) is 0 Å². The maximum atomic E-state index is 13.2. The first-order valence-corrected chi connectivity index (χ1v) is 7.25. The molecule has 6 heteroatoms. The lowest BCUT2D eigenvalue weighted by molar-refractivity contribution is 0.192. The SMILES string of the molecule is Cc1cc(F)cc(C)c1S(=O)(=O)NC1CCOC1. The highest BCUT2D eigenvalue weighted by Crippen LogP contribution is 2.22. The van der Waals surface area contributed by atoms with Crippen LogP contribution in [0.15, 0.2) is 17.0 Å². The van der Waals surface area contributed by atoms with Crippen molar-refractivity contribution in [3.63, 3.8) is 0 Å². The van der Waals surface area contributed by atoms with E-state index < -0.39 is 15.8 Å². The number of rotatable bonds is 3. The summed E-state index contributed by atoms with van der Waals surface area (Å²) in [6.07, 6.45) is 0.665. The van der Waals surface area contributed by atoms with Crippen LogP contribution in [-0.2, 0) is 14.8 Å². The van der Waals surface area contributed by atoms with Crippen LogP contribution < -0.4 is 4.72 Å². The number of hydrogen-bond acceptors (Lipinski definition) is 3. The Bertz CT molecular complexity index is 527. The normalized spacial score (nSPS) is 20.3. The molecule has 1 aromatic rings. The fourth-order valence-corrected chi connectivity index (χ4v) is 3.94. The molecule has 1 aromatic carbocycles. The number of halogens is 1. The van der Waals surface area contributed by atoms with E-state index in [1.54, 1.807) is 13.8 Å². The van der Waals surface area contributed by atoms with E-state index in [1.807, 2.05) is 0 Å². The summed E-state index contributed by atoms with van der Waals surface area (Å²) < 4.78 is 45.4. The van der Waals surface area contributed by atoms with Crippen molar-refractivity contribution in [1.29, 1.82) is 0 Å². The zero-order valence-corrected chi connectivity index (χ0v) is 11.2. The predicted molar refractivity (Wildman–Crippen MR) is 65.4 cm³/mol. The first kappa shape index (κ1) is 13.5. The molecule has 0 spiro atoms. The third-order valence-corrected chi connectivity index (χ3v) is 4.77. The minimum Gasteiger partial charge on any atom is -0.380 e. The van der Waals surface area contributed by atoms with Crippen molar-refractivity contribution in [1.82, 2.24) is 4.72 Å². The molecule has 1 N–H and O–H groups in total. The minimum absolute atomic E-state index is 0.163. The molecule has 1 fully saturated rings. The van der Waals surface area contributed by atoms with Crippen molar-refractivity contribution >= 4 is 10.0 Å². The molecule has 0 saturated carbocycles. The summed E-state index contributed by atoms with van der Waals surface area (Å²) in [5.74, 6) is -0.423. The first-order chi connectivity index (χ1) is 8.40. The summed E-state index contributed by atoms with van der Waals surface area (Å²) in [4.78, 5) is 0.163. The second-order valence-corrected chi connectivity index (χ2v) is 6.20. The molecule has 100 valence electrons. The Hall–Kier alpha value is -0.980. The monoisotopic (exact) mass is 273 g/mol. The van der Waals surface area contributed by atoms with Crippen molar-refractivity contribution in [2.75, 3.05) is 13.2 Å². The highest BCUT2D eigenvalue weighted by molar-refractivity contribution is 7.89. The van der Waals surface area contributed by atoms with Crippen LogP contribution in [-0.4, -0.2) is 27.7 Å². The fourth-order valence-electron chi connectivity index (χ4n) is 2.23. The molecule has 0 bridgehead atoms. The van der Waals surface area contributed by atoms with E-state index in [-0.39, 0.29) is 10.9 Å². The molecule has 0 radical (unpaired) electrons. The third-order valence-electron chi connectivity index (χ3n) is 2.95. The number of sulfonamides is 1. The molecule has 18 heavy (non-hydrogen) atoms. The van der Waals surface area contributed by atoms with Crippen molar-refractivity contribution in [2.24, 2.45) is 0 Å². The molecule has 1 aliphatic heterocycles. The van der Waals surface area contributed by atoms with Gasteiger partial charge in [0.25, 0.3) is 0 Å². The van der Waals surface area contributed by atoms with Gasteiger partial charge < -0.3 is 4.74 Å². The average Bonchev–Trinajstić information content (AvgIpc) is 2.66. The molecular formula is C12H16FNO3S. The number of aryl methyl sites for hydroxylation is 2. The highest BCUT2D eigenvalue weighted by Gasteiger charge is 2.26. The van der Waals surface area contributed by atoms with Gasteiger partial charge in [0.05, 0.1) is 11.5 Å². The minimum atomic E-state index is -3.62. The number of nitrogens with one attached hydrogen (secondary N) is 1. The second kappa shape index (κ2) is 4.95. The second-order valence-electron chi connectivity index (χ2n) is 4.55. The molecule has 2 rings (SSSR count). The van der Waals surface area contributed by atoms with Gasteiger partial charge in [-0.25, -0.2) is 17.5 Å². The molecule has 1 aliphatic rings. The van der Waals surface area contributed by atoms with Gasteiger partial charge in [0.15, 0.2) is 0 Å². The summed E-state index contributed by atoms with van der Waals surface area (Å²) in [5, 5.41) is 0. The maximum Gasteiger partial charge on any atom is 0.241 e. The van der Waals surface area contributed by atoms with Gasteiger partial charge >= 0.3 is 0 Å². The molecule has 4 nitrogen and oxygen atoms in total. The summed E-state index contributed by atoms with van der Waals surface area (Å²) >= 11 is 0. The van der Waals surface area contributed by atoms with E-state index in [9.17, 15) is 12.8 Å². The topological polar surface area (TPSA) is 55.4 Å². The van der Waals surface area contributed by atoms with Crippen molar-refractivity contribution in [3.05, 3.63) is 29.1 Å². The van der Waals surface area contributed by atoms with E-state index in [1.165, 1.54) is 12.1 Å². The number of ether oxygens (including phenoxy) is 1. The van der Waals surface area contributed by atoms with Crippen molar-refractivity contribution in [2.45, 2.75) is 31.2 Å². The molecule has 0 amide bonds.